The van der Waals surface area contributed by atoms with Gasteiger partial charge < -0.3 is 10.1 Å². The molecule has 26 heavy (non-hydrogen) atoms. The molecule has 0 spiro atoms. The molecule has 3 aromatic heterocycles. The van der Waals surface area contributed by atoms with Gasteiger partial charge in [0.2, 0.25) is 5.95 Å². The lowest BCUT2D eigenvalue weighted by atomic mass is 10.1. The minimum atomic E-state index is 0.666. The molecule has 0 aliphatic carbocycles. The molecular formula is C18H17N7O. The minimum absolute atomic E-state index is 0.666. The van der Waals surface area contributed by atoms with Crippen molar-refractivity contribution >= 4 is 11.6 Å². The summed E-state index contributed by atoms with van der Waals surface area (Å²) < 4.78 is 9.26. The first kappa shape index (κ1) is 14.9. The Bertz CT molecular complexity index is 1100. The smallest absolute Gasteiger partial charge is 0.210 e. The molecule has 1 N–H and O–H groups in total. The lowest BCUT2D eigenvalue weighted by Crippen LogP contribution is -2.08. The zero-order valence-corrected chi connectivity index (χ0v) is 14.3. The van der Waals surface area contributed by atoms with Crippen molar-refractivity contribution < 1.29 is 4.74 Å². The largest absolute Gasteiger partial charge is 0.493 e. The highest BCUT2D eigenvalue weighted by molar-refractivity contribution is 5.76. The molecule has 0 bridgehead atoms. The van der Waals surface area contributed by atoms with Crippen LogP contribution < -0.4 is 10.1 Å². The van der Waals surface area contributed by atoms with Crippen LogP contribution in [0.1, 0.15) is 11.1 Å². The Morgan fingerprint density at radius 2 is 2.23 bits per heavy atom. The average Bonchev–Trinajstić information content (AvgIpc) is 3.39. The van der Waals surface area contributed by atoms with Crippen molar-refractivity contribution in [3.8, 4) is 16.9 Å². The van der Waals surface area contributed by atoms with E-state index in [-0.39, 0.29) is 0 Å². The summed E-state index contributed by atoms with van der Waals surface area (Å²) in [6.07, 6.45) is 8.16. The van der Waals surface area contributed by atoms with E-state index < -0.39 is 0 Å². The predicted molar refractivity (Wildman–Crippen MR) is 96.0 cm³/mol. The van der Waals surface area contributed by atoms with Gasteiger partial charge in [0.25, 0.3) is 0 Å². The van der Waals surface area contributed by atoms with Crippen LogP contribution in [0.2, 0.25) is 0 Å². The molecule has 1 aromatic carbocycles. The highest BCUT2D eigenvalue weighted by atomic mass is 16.5. The van der Waals surface area contributed by atoms with Gasteiger partial charge in [0.15, 0.2) is 5.65 Å². The maximum absolute atomic E-state index is 5.64. The van der Waals surface area contributed by atoms with E-state index >= 15 is 0 Å². The Balaban J connectivity index is 1.47. The normalized spacial score (nSPS) is 13.0. The van der Waals surface area contributed by atoms with Gasteiger partial charge in [-0.1, -0.05) is 12.1 Å². The number of nitrogens with zero attached hydrogens (tertiary/aromatic N) is 6. The van der Waals surface area contributed by atoms with E-state index in [0.29, 0.717) is 12.5 Å². The average molecular weight is 347 g/mol. The SMILES string of the molecule is Cn1cc(-c2cnc(NCc3cccc4c3CCO4)n3cnnc23)cn1. The van der Waals surface area contributed by atoms with Crippen molar-refractivity contribution in [3.63, 3.8) is 0 Å². The molecule has 0 saturated heterocycles. The second-order valence-corrected chi connectivity index (χ2v) is 6.27. The van der Waals surface area contributed by atoms with E-state index in [9.17, 15) is 0 Å². The van der Waals surface area contributed by atoms with Crippen molar-refractivity contribution in [3.05, 3.63) is 54.2 Å². The van der Waals surface area contributed by atoms with Crippen LogP contribution >= 0.6 is 0 Å². The van der Waals surface area contributed by atoms with Gasteiger partial charge in [0.1, 0.15) is 12.1 Å². The second kappa shape index (κ2) is 5.83. The maximum Gasteiger partial charge on any atom is 0.210 e. The number of aryl methyl sites for hydroxylation is 1. The molecule has 0 unspecified atom stereocenters. The van der Waals surface area contributed by atoms with Crippen LogP contribution in [-0.2, 0) is 20.0 Å². The molecule has 1 aliphatic heterocycles. The van der Waals surface area contributed by atoms with Crippen LogP contribution in [0.3, 0.4) is 0 Å². The van der Waals surface area contributed by atoms with Gasteiger partial charge in [0, 0.05) is 49.1 Å². The van der Waals surface area contributed by atoms with E-state index in [1.165, 1.54) is 11.1 Å². The van der Waals surface area contributed by atoms with Crippen LogP contribution in [0.4, 0.5) is 5.95 Å². The molecular weight excluding hydrogens is 330 g/mol. The predicted octanol–water partition coefficient (Wildman–Crippen LogP) is 2.07. The summed E-state index contributed by atoms with van der Waals surface area (Å²) in [6.45, 7) is 1.42. The van der Waals surface area contributed by atoms with Gasteiger partial charge in [0.05, 0.1) is 12.8 Å². The number of hydrogen-bond acceptors (Lipinski definition) is 6. The summed E-state index contributed by atoms with van der Waals surface area (Å²) in [5, 5.41) is 15.9. The van der Waals surface area contributed by atoms with Crippen LogP contribution in [0.15, 0.2) is 43.1 Å². The molecule has 0 fully saturated rings. The van der Waals surface area contributed by atoms with E-state index in [2.05, 4.69) is 31.7 Å². The third-order valence-corrected chi connectivity index (χ3v) is 4.63. The molecule has 4 aromatic rings. The Kier molecular flexibility index (Phi) is 3.34. The monoisotopic (exact) mass is 347 g/mol. The second-order valence-electron chi connectivity index (χ2n) is 6.27. The van der Waals surface area contributed by atoms with Crippen LogP contribution in [-0.4, -0.2) is 36.0 Å². The van der Waals surface area contributed by atoms with Crippen LogP contribution in [0.5, 0.6) is 5.75 Å². The van der Waals surface area contributed by atoms with E-state index in [1.54, 1.807) is 17.2 Å². The first-order valence-corrected chi connectivity index (χ1v) is 8.45. The van der Waals surface area contributed by atoms with Gasteiger partial charge in [-0.15, -0.1) is 10.2 Å². The van der Waals surface area contributed by atoms with Crippen LogP contribution in [0, 0.1) is 0 Å². The molecule has 130 valence electrons. The number of benzene rings is 1. The molecule has 1 aliphatic rings. The summed E-state index contributed by atoms with van der Waals surface area (Å²) in [6, 6.07) is 6.16. The number of aromatic nitrogens is 6. The summed E-state index contributed by atoms with van der Waals surface area (Å²) in [5.41, 5.74) is 5.10. The molecule has 8 nitrogen and oxygen atoms in total. The number of fused-ring (bicyclic) bond motifs is 2. The lowest BCUT2D eigenvalue weighted by Gasteiger charge is -2.11. The molecule has 0 amide bonds. The topological polar surface area (TPSA) is 82.2 Å². The highest BCUT2D eigenvalue weighted by Gasteiger charge is 2.16. The number of ether oxygens (including phenoxy) is 1. The van der Waals surface area contributed by atoms with Gasteiger partial charge in [-0.25, -0.2) is 4.98 Å². The summed E-state index contributed by atoms with van der Waals surface area (Å²) in [7, 11) is 1.88. The van der Waals surface area contributed by atoms with E-state index in [4.69, 9.17) is 4.74 Å². The minimum Gasteiger partial charge on any atom is -0.493 e. The summed E-state index contributed by atoms with van der Waals surface area (Å²) in [4.78, 5) is 4.58. The lowest BCUT2D eigenvalue weighted by molar-refractivity contribution is 0.357. The molecule has 4 heterocycles. The molecule has 0 radical (unpaired) electrons. The van der Waals surface area contributed by atoms with Crippen LogP contribution in [0.25, 0.3) is 16.8 Å². The molecule has 0 atom stereocenters. The Hall–Kier alpha value is -3.42. The summed E-state index contributed by atoms with van der Waals surface area (Å²) in [5.74, 6) is 1.69. The van der Waals surface area contributed by atoms with Gasteiger partial charge >= 0.3 is 0 Å². The molecule has 5 rings (SSSR count). The molecule has 8 heteroatoms. The van der Waals surface area contributed by atoms with Gasteiger partial charge in [-0.2, -0.15) is 5.10 Å². The summed E-state index contributed by atoms with van der Waals surface area (Å²) >= 11 is 0. The fourth-order valence-electron chi connectivity index (χ4n) is 3.35. The quantitative estimate of drug-likeness (QED) is 0.609. The zero-order valence-electron chi connectivity index (χ0n) is 14.3. The molecule has 0 saturated carbocycles. The first-order chi connectivity index (χ1) is 12.8. The standard InChI is InChI=1S/C18H17N7O/c1-24-10-13(8-22-24)15-9-20-18(25-11-21-23-17(15)25)19-7-12-3-2-4-16-14(12)5-6-26-16/h2-4,8-11H,5-7H2,1H3,(H,19,20). The van der Waals surface area contributed by atoms with Gasteiger partial charge in [-0.3, -0.25) is 9.08 Å². The Morgan fingerprint density at radius 3 is 3.12 bits per heavy atom. The first-order valence-electron chi connectivity index (χ1n) is 8.45. The number of hydrogen-bond donors (Lipinski definition) is 1. The van der Waals surface area contributed by atoms with Crippen molar-refractivity contribution in [2.24, 2.45) is 7.05 Å². The van der Waals surface area contributed by atoms with Crippen molar-refractivity contribution in [2.75, 3.05) is 11.9 Å². The third-order valence-electron chi connectivity index (χ3n) is 4.63. The fraction of sp³-hybridized carbons (Fsp3) is 0.222. The number of nitrogens with one attached hydrogen (secondary N) is 1. The van der Waals surface area contributed by atoms with E-state index in [1.807, 2.05) is 36.0 Å². The Labute approximate surface area is 149 Å². The zero-order chi connectivity index (χ0) is 17.5. The van der Waals surface area contributed by atoms with Crippen molar-refractivity contribution in [1.82, 2.24) is 29.4 Å². The van der Waals surface area contributed by atoms with E-state index in [0.717, 1.165) is 35.6 Å². The third kappa shape index (κ3) is 2.38. The number of anilines is 1. The van der Waals surface area contributed by atoms with Crippen molar-refractivity contribution in [2.45, 2.75) is 13.0 Å². The Morgan fingerprint density at radius 1 is 1.27 bits per heavy atom. The van der Waals surface area contributed by atoms with Crippen molar-refractivity contribution in [1.29, 1.82) is 0 Å². The fourth-order valence-corrected chi connectivity index (χ4v) is 3.35. The van der Waals surface area contributed by atoms with Gasteiger partial charge in [-0.05, 0) is 11.6 Å². The number of rotatable bonds is 4. The maximum atomic E-state index is 5.64. The highest BCUT2D eigenvalue weighted by Crippen LogP contribution is 2.29.